The van der Waals surface area contributed by atoms with Crippen molar-refractivity contribution < 1.29 is 23.8 Å². The zero-order valence-corrected chi connectivity index (χ0v) is 9.69. The van der Waals surface area contributed by atoms with E-state index >= 15 is 0 Å². The van der Waals surface area contributed by atoms with Crippen LogP contribution in [-0.2, 0) is 4.74 Å². The monoisotopic (exact) mass is 252 g/mol. The quantitative estimate of drug-likeness (QED) is 0.837. The first-order valence-electron chi connectivity index (χ1n) is 5.74. The number of hydrogen-bond donors (Lipinski definition) is 1. The summed E-state index contributed by atoms with van der Waals surface area (Å²) in [5.74, 6) is -2.36. The smallest absolute Gasteiger partial charge is 0.335 e. The van der Waals surface area contributed by atoms with E-state index in [-0.39, 0.29) is 22.8 Å². The van der Waals surface area contributed by atoms with Gasteiger partial charge in [-0.05, 0) is 31.0 Å². The third-order valence-electron chi connectivity index (χ3n) is 3.02. The minimum absolute atomic E-state index is 0.124. The van der Waals surface area contributed by atoms with Crippen LogP contribution < -0.4 is 0 Å². The molecule has 2 rings (SSSR count). The Hall–Kier alpha value is -1.75. The van der Waals surface area contributed by atoms with Gasteiger partial charge >= 0.3 is 5.97 Å². The SMILES string of the molecule is O=C(O)c1cc(F)cc(C(=O)C2CCOCC2)c1. The van der Waals surface area contributed by atoms with Gasteiger partial charge in [0, 0.05) is 24.7 Å². The molecule has 0 aromatic heterocycles. The number of ketones is 1. The van der Waals surface area contributed by atoms with Crippen LogP contribution in [-0.4, -0.2) is 30.1 Å². The van der Waals surface area contributed by atoms with Gasteiger partial charge in [-0.2, -0.15) is 0 Å². The van der Waals surface area contributed by atoms with E-state index in [0.717, 1.165) is 12.1 Å². The normalized spacial score (nSPS) is 16.5. The Labute approximate surface area is 103 Å². The zero-order valence-electron chi connectivity index (χ0n) is 9.69. The summed E-state index contributed by atoms with van der Waals surface area (Å²) in [5, 5.41) is 8.83. The molecule has 0 aliphatic carbocycles. The summed E-state index contributed by atoms with van der Waals surface area (Å²) in [6, 6.07) is 3.22. The lowest BCUT2D eigenvalue weighted by molar-refractivity contribution is 0.0544. The molecule has 4 nitrogen and oxygen atoms in total. The molecule has 1 N–H and O–H groups in total. The summed E-state index contributed by atoms with van der Waals surface area (Å²) < 4.78 is 18.4. The lowest BCUT2D eigenvalue weighted by Crippen LogP contribution is -2.23. The minimum atomic E-state index is -1.24. The van der Waals surface area contributed by atoms with Crippen molar-refractivity contribution in [2.24, 2.45) is 5.92 Å². The number of rotatable bonds is 3. The van der Waals surface area contributed by atoms with Crippen LogP contribution in [0.25, 0.3) is 0 Å². The van der Waals surface area contributed by atoms with Gasteiger partial charge in [-0.15, -0.1) is 0 Å². The van der Waals surface area contributed by atoms with Gasteiger partial charge in [0.25, 0.3) is 0 Å². The highest BCUT2D eigenvalue weighted by Crippen LogP contribution is 2.21. The molecule has 0 bridgehead atoms. The molecule has 1 heterocycles. The molecule has 0 radical (unpaired) electrons. The van der Waals surface area contributed by atoms with Gasteiger partial charge in [0.15, 0.2) is 5.78 Å². The fourth-order valence-corrected chi connectivity index (χ4v) is 2.05. The summed E-state index contributed by atoms with van der Waals surface area (Å²) in [4.78, 5) is 22.9. The topological polar surface area (TPSA) is 63.6 Å². The van der Waals surface area contributed by atoms with Crippen molar-refractivity contribution in [1.82, 2.24) is 0 Å². The van der Waals surface area contributed by atoms with Crippen LogP contribution in [0.2, 0.25) is 0 Å². The largest absolute Gasteiger partial charge is 0.478 e. The van der Waals surface area contributed by atoms with Crippen molar-refractivity contribution in [2.45, 2.75) is 12.8 Å². The number of aromatic carboxylic acids is 1. The molecular formula is C13H13FO4. The van der Waals surface area contributed by atoms with E-state index in [1.54, 1.807) is 0 Å². The first kappa shape index (κ1) is 12.7. The van der Waals surface area contributed by atoms with Gasteiger partial charge in [0.2, 0.25) is 0 Å². The summed E-state index contributed by atoms with van der Waals surface area (Å²) in [6.07, 6.45) is 1.19. The van der Waals surface area contributed by atoms with Crippen molar-refractivity contribution in [1.29, 1.82) is 0 Å². The second kappa shape index (κ2) is 5.27. The maximum atomic E-state index is 13.3. The number of Topliss-reactive ketones (excluding diaryl/α,β-unsaturated/α-hetero) is 1. The molecular weight excluding hydrogens is 239 g/mol. The lowest BCUT2D eigenvalue weighted by Gasteiger charge is -2.20. The Morgan fingerprint density at radius 2 is 1.78 bits per heavy atom. The van der Waals surface area contributed by atoms with E-state index in [1.165, 1.54) is 6.07 Å². The number of benzene rings is 1. The molecule has 18 heavy (non-hydrogen) atoms. The number of halogens is 1. The molecule has 0 unspecified atom stereocenters. The second-order valence-corrected chi connectivity index (χ2v) is 4.28. The van der Waals surface area contributed by atoms with Gasteiger partial charge in [-0.1, -0.05) is 0 Å². The van der Waals surface area contributed by atoms with Crippen molar-refractivity contribution in [3.63, 3.8) is 0 Å². The van der Waals surface area contributed by atoms with Crippen LogP contribution in [0.3, 0.4) is 0 Å². The highest BCUT2D eigenvalue weighted by atomic mass is 19.1. The molecule has 0 spiro atoms. The zero-order chi connectivity index (χ0) is 13.1. The molecule has 1 fully saturated rings. The molecule has 5 heteroatoms. The number of carbonyl (C=O) groups excluding carboxylic acids is 1. The van der Waals surface area contributed by atoms with Crippen molar-refractivity contribution in [2.75, 3.05) is 13.2 Å². The lowest BCUT2D eigenvalue weighted by atomic mass is 9.90. The molecule has 0 atom stereocenters. The van der Waals surface area contributed by atoms with Crippen molar-refractivity contribution >= 4 is 11.8 Å². The summed E-state index contributed by atoms with van der Waals surface area (Å²) in [5.41, 5.74) is -0.0790. The number of carboxylic acid groups (broad SMARTS) is 1. The first-order valence-corrected chi connectivity index (χ1v) is 5.74. The Kier molecular flexibility index (Phi) is 3.72. The standard InChI is InChI=1S/C13H13FO4/c14-11-6-9(5-10(7-11)13(16)17)12(15)8-1-3-18-4-2-8/h5-8H,1-4H2,(H,16,17). The Bertz CT molecular complexity index is 478. The summed E-state index contributed by atoms with van der Waals surface area (Å²) >= 11 is 0. The van der Waals surface area contributed by atoms with Crippen LogP contribution >= 0.6 is 0 Å². The third-order valence-corrected chi connectivity index (χ3v) is 3.02. The third kappa shape index (κ3) is 2.73. The summed E-state index contributed by atoms with van der Waals surface area (Å²) in [7, 11) is 0. The van der Waals surface area contributed by atoms with Crippen LogP contribution in [0.1, 0.15) is 33.6 Å². The summed E-state index contributed by atoms with van der Waals surface area (Å²) in [6.45, 7) is 1.02. The number of carbonyl (C=O) groups is 2. The van der Waals surface area contributed by atoms with Crippen LogP contribution in [0.4, 0.5) is 4.39 Å². The van der Waals surface area contributed by atoms with Gasteiger partial charge in [0.1, 0.15) is 5.82 Å². The minimum Gasteiger partial charge on any atom is -0.478 e. The molecule has 1 aliphatic heterocycles. The van der Waals surface area contributed by atoms with E-state index in [1.807, 2.05) is 0 Å². The van der Waals surface area contributed by atoms with Gasteiger partial charge in [-0.3, -0.25) is 4.79 Å². The molecule has 0 saturated carbocycles. The maximum Gasteiger partial charge on any atom is 0.335 e. The van der Waals surface area contributed by atoms with E-state index in [9.17, 15) is 14.0 Å². The highest BCUT2D eigenvalue weighted by molar-refractivity contribution is 6.00. The van der Waals surface area contributed by atoms with E-state index in [0.29, 0.717) is 26.1 Å². The molecule has 1 aromatic carbocycles. The fraction of sp³-hybridized carbons (Fsp3) is 0.385. The number of carboxylic acids is 1. The maximum absolute atomic E-state index is 13.3. The van der Waals surface area contributed by atoms with E-state index in [4.69, 9.17) is 9.84 Å². The predicted octanol–water partition coefficient (Wildman–Crippen LogP) is 2.13. The van der Waals surface area contributed by atoms with Gasteiger partial charge in [-0.25, -0.2) is 9.18 Å². The molecule has 1 aromatic rings. The van der Waals surface area contributed by atoms with E-state index in [2.05, 4.69) is 0 Å². The second-order valence-electron chi connectivity index (χ2n) is 4.28. The Morgan fingerprint density at radius 1 is 1.17 bits per heavy atom. The fourth-order valence-electron chi connectivity index (χ4n) is 2.05. The number of ether oxygens (including phenoxy) is 1. The van der Waals surface area contributed by atoms with Crippen molar-refractivity contribution in [3.8, 4) is 0 Å². The first-order chi connectivity index (χ1) is 8.58. The van der Waals surface area contributed by atoms with E-state index < -0.39 is 11.8 Å². The Morgan fingerprint density at radius 3 is 2.39 bits per heavy atom. The highest BCUT2D eigenvalue weighted by Gasteiger charge is 2.24. The van der Waals surface area contributed by atoms with Crippen LogP contribution in [0, 0.1) is 11.7 Å². The number of hydrogen-bond acceptors (Lipinski definition) is 3. The average molecular weight is 252 g/mol. The van der Waals surface area contributed by atoms with Crippen LogP contribution in [0.15, 0.2) is 18.2 Å². The van der Waals surface area contributed by atoms with Gasteiger partial charge < -0.3 is 9.84 Å². The van der Waals surface area contributed by atoms with Crippen molar-refractivity contribution in [3.05, 3.63) is 35.1 Å². The van der Waals surface area contributed by atoms with Crippen LogP contribution in [0.5, 0.6) is 0 Å². The average Bonchev–Trinajstić information content (AvgIpc) is 2.38. The molecule has 1 saturated heterocycles. The molecule has 0 amide bonds. The molecule has 96 valence electrons. The molecule has 1 aliphatic rings. The van der Waals surface area contributed by atoms with Gasteiger partial charge in [0.05, 0.1) is 5.56 Å². The predicted molar refractivity (Wildman–Crippen MR) is 61.2 cm³/mol. The Balaban J connectivity index is 2.26.